The molecule has 8 nitrogen and oxygen atoms in total. The molecule has 0 radical (unpaired) electrons. The highest BCUT2D eigenvalue weighted by molar-refractivity contribution is 5.93. The van der Waals surface area contributed by atoms with Crippen molar-refractivity contribution < 1.29 is 13.7 Å². The Kier molecular flexibility index (Phi) is 6.08. The second-order valence-corrected chi connectivity index (χ2v) is 6.66. The lowest BCUT2D eigenvalue weighted by Crippen LogP contribution is -2.37. The Balaban J connectivity index is 2.06. The summed E-state index contributed by atoms with van der Waals surface area (Å²) in [5, 5.41) is 3.67. The zero-order valence-electron chi connectivity index (χ0n) is 16.2. The number of primary amides is 1. The van der Waals surface area contributed by atoms with Crippen LogP contribution in [0.2, 0.25) is 0 Å². The molecular formula is C20H23FN6O2. The maximum Gasteiger partial charge on any atom is 0.250 e. The van der Waals surface area contributed by atoms with Crippen molar-refractivity contribution in [1.29, 1.82) is 0 Å². The lowest BCUT2D eigenvalue weighted by Gasteiger charge is -2.25. The lowest BCUT2D eigenvalue weighted by molar-refractivity contribution is 0.1000. The summed E-state index contributed by atoms with van der Waals surface area (Å²) in [5.41, 5.74) is 12.5. The van der Waals surface area contributed by atoms with Gasteiger partial charge in [-0.05, 0) is 37.6 Å². The third-order valence-corrected chi connectivity index (χ3v) is 4.52. The Morgan fingerprint density at radius 1 is 1.34 bits per heavy atom. The van der Waals surface area contributed by atoms with Crippen LogP contribution < -0.4 is 21.9 Å². The molecule has 9 heteroatoms. The van der Waals surface area contributed by atoms with E-state index in [0.717, 1.165) is 6.42 Å². The zero-order chi connectivity index (χ0) is 21.0. The van der Waals surface area contributed by atoms with Gasteiger partial charge in [0.2, 0.25) is 5.91 Å². The van der Waals surface area contributed by atoms with E-state index in [0.29, 0.717) is 22.3 Å². The number of furan rings is 1. The number of carbonyl (C=O) groups is 1. The zero-order valence-corrected chi connectivity index (χ0v) is 16.2. The molecule has 0 saturated carbocycles. The van der Waals surface area contributed by atoms with Crippen LogP contribution in [0.4, 0.5) is 21.5 Å². The smallest absolute Gasteiger partial charge is 0.250 e. The fraction of sp³-hybridized carbons (Fsp3) is 0.250. The van der Waals surface area contributed by atoms with Crippen LogP contribution in [0.15, 0.2) is 53.5 Å². The van der Waals surface area contributed by atoms with Gasteiger partial charge in [-0.1, -0.05) is 11.4 Å². The summed E-state index contributed by atoms with van der Waals surface area (Å²) in [6, 6.07) is 6.08. The molecule has 0 spiro atoms. The van der Waals surface area contributed by atoms with E-state index in [2.05, 4.69) is 15.3 Å². The number of hydrogen-bond acceptors (Lipinski definition) is 7. The third kappa shape index (κ3) is 4.52. The lowest BCUT2D eigenvalue weighted by atomic mass is 10.1. The van der Waals surface area contributed by atoms with E-state index in [1.54, 1.807) is 18.2 Å². The number of aromatic nitrogens is 2. The third-order valence-electron chi connectivity index (χ3n) is 4.52. The van der Waals surface area contributed by atoms with Crippen molar-refractivity contribution >= 4 is 23.0 Å². The molecule has 0 fully saturated rings. The number of amides is 1. The number of nitrogens with two attached hydrogens (primary N) is 2. The second-order valence-electron chi connectivity index (χ2n) is 6.66. The van der Waals surface area contributed by atoms with Gasteiger partial charge >= 0.3 is 0 Å². The predicted octanol–water partition coefficient (Wildman–Crippen LogP) is 3.40. The first kappa shape index (κ1) is 20.3. The molecule has 0 aliphatic heterocycles. The van der Waals surface area contributed by atoms with Crippen molar-refractivity contribution in [2.24, 2.45) is 11.5 Å². The second kappa shape index (κ2) is 8.70. The van der Waals surface area contributed by atoms with E-state index in [1.807, 2.05) is 13.8 Å². The Hall–Kier alpha value is -3.46. The van der Waals surface area contributed by atoms with Gasteiger partial charge in [0.15, 0.2) is 5.76 Å². The first-order valence-electron chi connectivity index (χ1n) is 9.17. The molecule has 0 saturated heterocycles. The Bertz CT molecular complexity index is 977. The molecule has 2 atom stereocenters. The molecule has 3 heterocycles. The van der Waals surface area contributed by atoms with Gasteiger partial charge in [-0.15, -0.1) is 0 Å². The SMILES string of the molecule is CC[C@@H](Nc1cnc(-c2ccco2)cc1N(F)c1cncc(C(N)=O)c1)[C@H](C)N. The van der Waals surface area contributed by atoms with Crippen LogP contribution >= 0.6 is 0 Å². The number of carbonyl (C=O) groups excluding carboxylic acids is 1. The van der Waals surface area contributed by atoms with Crippen molar-refractivity contribution in [2.75, 3.05) is 10.4 Å². The van der Waals surface area contributed by atoms with E-state index in [9.17, 15) is 4.79 Å². The maximum atomic E-state index is 15.5. The summed E-state index contributed by atoms with van der Waals surface area (Å²) in [6.07, 6.45) is 6.35. The van der Waals surface area contributed by atoms with E-state index in [1.165, 1.54) is 30.9 Å². The first-order valence-corrected chi connectivity index (χ1v) is 9.17. The number of rotatable bonds is 8. The Labute approximate surface area is 167 Å². The average Bonchev–Trinajstić information content (AvgIpc) is 3.26. The van der Waals surface area contributed by atoms with Crippen LogP contribution in [0.25, 0.3) is 11.5 Å². The summed E-state index contributed by atoms with van der Waals surface area (Å²) >= 11 is 0. The normalized spacial score (nSPS) is 13.0. The molecule has 152 valence electrons. The van der Waals surface area contributed by atoms with Crippen molar-refractivity contribution in [3.8, 4) is 11.5 Å². The highest BCUT2D eigenvalue weighted by atomic mass is 19.2. The van der Waals surface area contributed by atoms with Crippen LogP contribution in [0.1, 0.15) is 30.6 Å². The molecule has 5 N–H and O–H groups in total. The minimum atomic E-state index is -0.694. The molecule has 0 aliphatic rings. The van der Waals surface area contributed by atoms with Gasteiger partial charge in [-0.2, -0.15) is 5.12 Å². The van der Waals surface area contributed by atoms with Crippen LogP contribution in [0.5, 0.6) is 0 Å². The molecule has 0 aromatic carbocycles. The topological polar surface area (TPSA) is 123 Å². The van der Waals surface area contributed by atoms with Gasteiger partial charge in [0.25, 0.3) is 0 Å². The molecule has 0 bridgehead atoms. The van der Waals surface area contributed by atoms with E-state index in [4.69, 9.17) is 15.9 Å². The van der Waals surface area contributed by atoms with Crippen LogP contribution in [-0.4, -0.2) is 28.0 Å². The standard InChI is InChI=1S/C20H23FN6O2/c1-3-15(12(2)22)26-17-11-25-16(19-5-4-6-29-19)8-18(17)27(21)14-7-13(20(23)28)9-24-10-14/h4-12,15,26H,3,22H2,1-2H3,(H2,23,28)/t12-,15+/m0/s1. The van der Waals surface area contributed by atoms with Crippen molar-refractivity contribution in [1.82, 2.24) is 9.97 Å². The number of hydrogen-bond donors (Lipinski definition) is 3. The number of halogens is 1. The van der Waals surface area contributed by atoms with E-state index < -0.39 is 5.91 Å². The van der Waals surface area contributed by atoms with Crippen LogP contribution in [0.3, 0.4) is 0 Å². The van der Waals surface area contributed by atoms with Gasteiger partial charge in [0, 0.05) is 18.3 Å². The summed E-state index contributed by atoms with van der Waals surface area (Å²) in [5.74, 6) is -0.199. The minimum Gasteiger partial charge on any atom is -0.463 e. The van der Waals surface area contributed by atoms with E-state index >= 15 is 4.48 Å². The molecule has 3 aromatic heterocycles. The Morgan fingerprint density at radius 2 is 2.14 bits per heavy atom. The number of nitrogens with zero attached hydrogens (tertiary/aromatic N) is 3. The summed E-state index contributed by atoms with van der Waals surface area (Å²) < 4.78 is 20.8. The quantitative estimate of drug-likeness (QED) is 0.497. The first-order chi connectivity index (χ1) is 13.9. The maximum absolute atomic E-state index is 15.5. The van der Waals surface area contributed by atoms with Gasteiger partial charge in [0.1, 0.15) is 11.4 Å². The van der Waals surface area contributed by atoms with Gasteiger partial charge in [-0.3, -0.25) is 14.8 Å². The fourth-order valence-corrected chi connectivity index (χ4v) is 2.89. The van der Waals surface area contributed by atoms with Crippen molar-refractivity contribution in [2.45, 2.75) is 32.4 Å². The summed E-state index contributed by atoms with van der Waals surface area (Å²) in [4.78, 5) is 19.7. The molecule has 1 amide bonds. The van der Waals surface area contributed by atoms with Crippen molar-refractivity contribution in [3.63, 3.8) is 0 Å². The van der Waals surface area contributed by atoms with Gasteiger partial charge in [0.05, 0.1) is 35.6 Å². The molecule has 0 unspecified atom stereocenters. The molecule has 29 heavy (non-hydrogen) atoms. The highest BCUT2D eigenvalue weighted by Gasteiger charge is 2.20. The van der Waals surface area contributed by atoms with Crippen LogP contribution in [-0.2, 0) is 0 Å². The fourth-order valence-electron chi connectivity index (χ4n) is 2.89. The minimum absolute atomic E-state index is 0.0507. The van der Waals surface area contributed by atoms with Crippen molar-refractivity contribution in [3.05, 3.63) is 54.7 Å². The number of pyridine rings is 2. The largest absolute Gasteiger partial charge is 0.463 e. The van der Waals surface area contributed by atoms with Gasteiger partial charge < -0.3 is 21.2 Å². The molecule has 0 aliphatic carbocycles. The van der Waals surface area contributed by atoms with Gasteiger partial charge in [-0.25, -0.2) is 0 Å². The average molecular weight is 398 g/mol. The summed E-state index contributed by atoms with van der Waals surface area (Å²) in [6.45, 7) is 3.86. The van der Waals surface area contributed by atoms with Crippen LogP contribution in [0, 0.1) is 0 Å². The molecule has 3 rings (SSSR count). The highest BCUT2D eigenvalue weighted by Crippen LogP contribution is 2.36. The van der Waals surface area contributed by atoms with E-state index in [-0.39, 0.29) is 29.0 Å². The predicted molar refractivity (Wildman–Crippen MR) is 109 cm³/mol. The Morgan fingerprint density at radius 3 is 2.76 bits per heavy atom. The number of nitrogens with one attached hydrogen (secondary N) is 1. The molecular weight excluding hydrogens is 375 g/mol. The molecule has 3 aromatic rings. The monoisotopic (exact) mass is 398 g/mol. The summed E-state index contributed by atoms with van der Waals surface area (Å²) in [7, 11) is 0. The number of anilines is 3.